The number of hydrogen-bond acceptors (Lipinski definition) is 9. The molecular formula is C16H26N6O6S2. The minimum Gasteiger partial charge on any atom is -0.480 e. The van der Waals surface area contributed by atoms with Crippen molar-refractivity contribution in [1.29, 1.82) is 0 Å². The maximum atomic E-state index is 12.5. The Morgan fingerprint density at radius 3 is 1.97 bits per heavy atom. The number of amides is 3. The van der Waals surface area contributed by atoms with Gasteiger partial charge in [0.25, 0.3) is 0 Å². The van der Waals surface area contributed by atoms with E-state index in [1.807, 2.05) is 0 Å². The van der Waals surface area contributed by atoms with Crippen molar-refractivity contribution < 1.29 is 29.4 Å². The molecule has 0 aromatic carbocycles. The second-order valence-corrected chi connectivity index (χ2v) is 7.16. The molecule has 1 rings (SSSR count). The van der Waals surface area contributed by atoms with Crippen LogP contribution in [0.2, 0.25) is 0 Å². The van der Waals surface area contributed by atoms with Crippen LogP contribution >= 0.6 is 25.3 Å². The van der Waals surface area contributed by atoms with Gasteiger partial charge in [0.1, 0.15) is 24.2 Å². The number of thiol groups is 2. The highest BCUT2D eigenvalue weighted by atomic mass is 32.1. The van der Waals surface area contributed by atoms with E-state index >= 15 is 0 Å². The van der Waals surface area contributed by atoms with Crippen molar-refractivity contribution in [3.05, 3.63) is 18.2 Å². The zero-order valence-corrected chi connectivity index (χ0v) is 17.9. The molecule has 0 aliphatic heterocycles. The van der Waals surface area contributed by atoms with Crippen LogP contribution in [-0.4, -0.2) is 85.6 Å². The summed E-state index contributed by atoms with van der Waals surface area (Å²) in [7, 11) is 0. The third-order valence-corrected chi connectivity index (χ3v) is 4.78. The Bertz CT molecular complexity index is 732. The first-order valence-corrected chi connectivity index (χ1v) is 10.1. The maximum Gasteiger partial charge on any atom is 0.326 e. The van der Waals surface area contributed by atoms with E-state index < -0.39 is 54.0 Å². The number of aromatic amines is 1. The van der Waals surface area contributed by atoms with Crippen LogP contribution in [0.15, 0.2) is 12.5 Å². The summed E-state index contributed by atoms with van der Waals surface area (Å²) in [5.41, 5.74) is 6.02. The van der Waals surface area contributed by atoms with Crippen molar-refractivity contribution in [1.82, 2.24) is 25.9 Å². The molecule has 5 unspecified atom stereocenters. The number of nitrogens with one attached hydrogen (secondary N) is 4. The molecule has 168 valence electrons. The molecule has 3 amide bonds. The number of aliphatic hydroxyl groups excluding tert-OH is 1. The van der Waals surface area contributed by atoms with Crippen LogP contribution in [0.4, 0.5) is 0 Å². The van der Waals surface area contributed by atoms with Crippen LogP contribution in [0.3, 0.4) is 0 Å². The second kappa shape index (κ2) is 12.4. The van der Waals surface area contributed by atoms with Gasteiger partial charge in [-0.25, -0.2) is 9.78 Å². The van der Waals surface area contributed by atoms with E-state index in [9.17, 15) is 29.4 Å². The van der Waals surface area contributed by atoms with Gasteiger partial charge in [0, 0.05) is 29.8 Å². The fourth-order valence-corrected chi connectivity index (χ4v) is 2.75. The van der Waals surface area contributed by atoms with Gasteiger partial charge >= 0.3 is 5.97 Å². The van der Waals surface area contributed by atoms with Crippen molar-refractivity contribution >= 4 is 48.9 Å². The number of aliphatic carboxylic acids is 1. The molecular weight excluding hydrogens is 436 g/mol. The van der Waals surface area contributed by atoms with E-state index in [0.717, 1.165) is 0 Å². The molecule has 8 N–H and O–H groups in total. The van der Waals surface area contributed by atoms with E-state index in [1.54, 1.807) is 0 Å². The number of carbonyl (C=O) groups excluding carboxylic acids is 3. The highest BCUT2D eigenvalue weighted by molar-refractivity contribution is 7.80. The van der Waals surface area contributed by atoms with Gasteiger partial charge in [-0.1, -0.05) is 0 Å². The number of imidazole rings is 1. The first kappa shape index (κ1) is 25.7. The molecule has 5 atom stereocenters. The lowest BCUT2D eigenvalue weighted by molar-refractivity contribution is -0.142. The standard InChI is InChI=1S/C16H26N6O6S2/c1-7(23)12(17)15(26)22-11(5-30)14(25)21-10(4-29)13(24)20-9(16(27)28)2-8-3-18-6-19-8/h3,6-7,9-12,23,29-30H,2,4-5,17H2,1H3,(H,18,19)(H,20,24)(H,21,25)(H,22,26)(H,27,28). The Balaban J connectivity index is 2.74. The quantitative estimate of drug-likeness (QED) is 0.147. The highest BCUT2D eigenvalue weighted by Crippen LogP contribution is 2.01. The number of nitrogens with zero attached hydrogens (tertiary/aromatic N) is 1. The SMILES string of the molecule is CC(O)C(N)C(=O)NC(CS)C(=O)NC(CS)C(=O)NC(Cc1cnc[nH]1)C(=O)O. The minimum atomic E-state index is -1.27. The Hall–Kier alpha value is -2.29. The highest BCUT2D eigenvalue weighted by Gasteiger charge is 2.30. The summed E-state index contributed by atoms with van der Waals surface area (Å²) in [4.78, 5) is 54.8. The molecule has 0 saturated carbocycles. The van der Waals surface area contributed by atoms with Crippen LogP contribution in [0, 0.1) is 0 Å². The summed E-state index contributed by atoms with van der Waals surface area (Å²) >= 11 is 8.02. The molecule has 0 bridgehead atoms. The van der Waals surface area contributed by atoms with Gasteiger partial charge in [-0.3, -0.25) is 14.4 Å². The summed E-state index contributed by atoms with van der Waals surface area (Å²) in [6.07, 6.45) is 1.63. The van der Waals surface area contributed by atoms with Crippen molar-refractivity contribution in [3.8, 4) is 0 Å². The molecule has 1 heterocycles. The van der Waals surface area contributed by atoms with Gasteiger partial charge in [-0.2, -0.15) is 25.3 Å². The topological polar surface area (TPSA) is 200 Å². The summed E-state index contributed by atoms with van der Waals surface area (Å²) in [5.74, 6) is -3.79. The number of H-pyrrole nitrogens is 1. The Kier molecular flexibility index (Phi) is 10.7. The summed E-state index contributed by atoms with van der Waals surface area (Å²) in [6, 6.07) is -4.82. The predicted octanol–water partition coefficient (Wildman–Crippen LogP) is -2.94. The normalized spacial score (nSPS) is 15.9. The zero-order valence-electron chi connectivity index (χ0n) is 16.1. The second-order valence-electron chi connectivity index (χ2n) is 6.43. The largest absolute Gasteiger partial charge is 0.480 e. The minimum absolute atomic E-state index is 0.0408. The maximum absolute atomic E-state index is 12.5. The van der Waals surface area contributed by atoms with Crippen molar-refractivity contribution in [3.63, 3.8) is 0 Å². The van der Waals surface area contributed by atoms with E-state index in [2.05, 4.69) is 51.2 Å². The molecule has 0 saturated heterocycles. The molecule has 30 heavy (non-hydrogen) atoms. The molecule has 1 aromatic heterocycles. The average Bonchev–Trinajstić information content (AvgIpc) is 3.21. The predicted molar refractivity (Wildman–Crippen MR) is 113 cm³/mol. The van der Waals surface area contributed by atoms with Crippen molar-refractivity contribution in [2.75, 3.05) is 11.5 Å². The molecule has 0 spiro atoms. The molecule has 1 aromatic rings. The summed E-state index contributed by atoms with van der Waals surface area (Å²) in [5, 5.41) is 25.8. The number of nitrogens with two attached hydrogens (primary N) is 1. The lowest BCUT2D eigenvalue weighted by atomic mass is 10.1. The third kappa shape index (κ3) is 7.85. The number of aliphatic hydroxyl groups is 1. The van der Waals surface area contributed by atoms with Crippen LogP contribution in [0.5, 0.6) is 0 Å². The smallest absolute Gasteiger partial charge is 0.326 e. The first-order valence-electron chi connectivity index (χ1n) is 8.87. The van der Waals surface area contributed by atoms with E-state index in [-0.39, 0.29) is 17.9 Å². The lowest BCUT2D eigenvalue weighted by Crippen LogP contribution is -2.59. The summed E-state index contributed by atoms with van der Waals surface area (Å²) < 4.78 is 0. The number of rotatable bonds is 12. The van der Waals surface area contributed by atoms with Crippen molar-refractivity contribution in [2.24, 2.45) is 5.73 Å². The van der Waals surface area contributed by atoms with Gasteiger partial charge in [0.2, 0.25) is 17.7 Å². The number of aromatic nitrogens is 2. The number of carboxylic acids is 1. The Morgan fingerprint density at radius 1 is 1.07 bits per heavy atom. The summed E-state index contributed by atoms with van der Waals surface area (Å²) in [6.45, 7) is 1.32. The molecule has 0 aliphatic carbocycles. The van der Waals surface area contributed by atoms with Gasteiger partial charge in [-0.15, -0.1) is 0 Å². The average molecular weight is 463 g/mol. The van der Waals surface area contributed by atoms with Gasteiger partial charge in [0.05, 0.1) is 12.4 Å². The third-order valence-electron chi connectivity index (χ3n) is 4.05. The van der Waals surface area contributed by atoms with Crippen LogP contribution < -0.4 is 21.7 Å². The first-order chi connectivity index (χ1) is 14.1. The van der Waals surface area contributed by atoms with Crippen LogP contribution in [0.1, 0.15) is 12.6 Å². The van der Waals surface area contributed by atoms with E-state index in [4.69, 9.17) is 5.73 Å². The van der Waals surface area contributed by atoms with Gasteiger partial charge in [0.15, 0.2) is 0 Å². The Labute approximate surface area is 183 Å². The van der Waals surface area contributed by atoms with Gasteiger partial charge < -0.3 is 36.9 Å². The zero-order chi connectivity index (χ0) is 22.8. The Morgan fingerprint density at radius 2 is 1.57 bits per heavy atom. The molecule has 0 aliphatic rings. The van der Waals surface area contributed by atoms with Crippen LogP contribution in [-0.2, 0) is 25.6 Å². The van der Waals surface area contributed by atoms with E-state index in [1.165, 1.54) is 19.4 Å². The van der Waals surface area contributed by atoms with Gasteiger partial charge in [-0.05, 0) is 6.92 Å². The lowest BCUT2D eigenvalue weighted by Gasteiger charge is -2.24. The van der Waals surface area contributed by atoms with Crippen LogP contribution in [0.25, 0.3) is 0 Å². The van der Waals surface area contributed by atoms with Crippen molar-refractivity contribution in [2.45, 2.75) is 43.6 Å². The molecule has 0 radical (unpaired) electrons. The monoisotopic (exact) mass is 462 g/mol. The number of carbonyl (C=O) groups is 4. The molecule has 14 heteroatoms. The number of carboxylic acid groups (broad SMARTS) is 1. The molecule has 12 nitrogen and oxygen atoms in total. The fraction of sp³-hybridized carbons (Fsp3) is 0.562. The fourth-order valence-electron chi connectivity index (χ4n) is 2.24. The van der Waals surface area contributed by atoms with E-state index in [0.29, 0.717) is 5.69 Å². The number of hydrogen-bond donors (Lipinski definition) is 9. The molecule has 0 fully saturated rings.